The van der Waals surface area contributed by atoms with Crippen LogP contribution in [0.1, 0.15) is 27.5 Å². The number of nitrogens with one attached hydrogen (secondary N) is 1. The lowest BCUT2D eigenvalue weighted by molar-refractivity contribution is -0.385. The second-order valence-electron chi connectivity index (χ2n) is 6.49. The van der Waals surface area contributed by atoms with Crippen LogP contribution < -0.4 is 5.32 Å². The highest BCUT2D eigenvalue weighted by atomic mass is 16.6. The Hall–Kier alpha value is -2.77. The van der Waals surface area contributed by atoms with E-state index in [4.69, 9.17) is 4.74 Å². The highest BCUT2D eigenvalue weighted by Crippen LogP contribution is 2.23. The van der Waals surface area contributed by atoms with Gasteiger partial charge in [0.1, 0.15) is 0 Å². The van der Waals surface area contributed by atoms with E-state index >= 15 is 0 Å². The van der Waals surface area contributed by atoms with Gasteiger partial charge in [0.25, 0.3) is 11.6 Å². The minimum atomic E-state index is -0.466. The number of nitro groups is 1. The van der Waals surface area contributed by atoms with E-state index in [0.29, 0.717) is 30.9 Å². The van der Waals surface area contributed by atoms with Crippen LogP contribution in [0.2, 0.25) is 0 Å². The fourth-order valence-electron chi connectivity index (χ4n) is 3.37. The van der Waals surface area contributed by atoms with E-state index in [-0.39, 0.29) is 17.6 Å². The summed E-state index contributed by atoms with van der Waals surface area (Å²) in [5.41, 5.74) is 1.78. The molecule has 0 spiro atoms. The zero-order valence-electron chi connectivity index (χ0n) is 15.3. The third-order valence-corrected chi connectivity index (χ3v) is 4.87. The van der Waals surface area contributed by atoms with Crippen LogP contribution in [0.3, 0.4) is 0 Å². The molecular weight excluding hydrogens is 346 g/mol. The van der Waals surface area contributed by atoms with Gasteiger partial charge in [0.2, 0.25) is 0 Å². The number of nitrogens with zero attached hydrogens (tertiary/aromatic N) is 2. The molecule has 1 unspecified atom stereocenters. The van der Waals surface area contributed by atoms with Crippen molar-refractivity contribution in [3.63, 3.8) is 0 Å². The van der Waals surface area contributed by atoms with Crippen molar-refractivity contribution in [3.8, 4) is 0 Å². The van der Waals surface area contributed by atoms with Crippen molar-refractivity contribution >= 4 is 11.6 Å². The fourth-order valence-corrected chi connectivity index (χ4v) is 3.37. The average molecular weight is 369 g/mol. The van der Waals surface area contributed by atoms with Crippen LogP contribution in [0, 0.1) is 17.0 Å². The van der Waals surface area contributed by atoms with Gasteiger partial charge in [-0.2, -0.15) is 0 Å². The lowest BCUT2D eigenvalue weighted by Crippen LogP contribution is -2.43. The number of benzene rings is 2. The summed E-state index contributed by atoms with van der Waals surface area (Å²) in [5, 5.41) is 14.1. The normalized spacial score (nSPS) is 15.9. The maximum absolute atomic E-state index is 12.7. The summed E-state index contributed by atoms with van der Waals surface area (Å²) in [6, 6.07) is 14.6. The number of carbonyl (C=O) groups is 1. The number of morpholine rings is 1. The Morgan fingerprint density at radius 3 is 2.56 bits per heavy atom. The molecule has 0 aromatic heterocycles. The third kappa shape index (κ3) is 4.50. The van der Waals surface area contributed by atoms with Crippen molar-refractivity contribution in [1.29, 1.82) is 0 Å². The van der Waals surface area contributed by atoms with Gasteiger partial charge in [-0.1, -0.05) is 36.4 Å². The minimum absolute atomic E-state index is 0.0260. The topological polar surface area (TPSA) is 84.7 Å². The Labute approximate surface area is 158 Å². The van der Waals surface area contributed by atoms with E-state index in [1.807, 2.05) is 30.3 Å². The Morgan fingerprint density at radius 1 is 1.19 bits per heavy atom. The van der Waals surface area contributed by atoms with E-state index in [1.165, 1.54) is 12.1 Å². The smallest absolute Gasteiger partial charge is 0.273 e. The molecule has 0 radical (unpaired) electrons. The molecule has 1 N–H and O–H groups in total. The number of amides is 1. The molecule has 0 saturated carbocycles. The first kappa shape index (κ1) is 19.0. The highest BCUT2D eigenvalue weighted by molar-refractivity contribution is 5.96. The van der Waals surface area contributed by atoms with Crippen LogP contribution in [0.25, 0.3) is 0 Å². The van der Waals surface area contributed by atoms with Crippen molar-refractivity contribution in [2.75, 3.05) is 32.8 Å². The zero-order valence-corrected chi connectivity index (χ0v) is 15.3. The van der Waals surface area contributed by atoms with E-state index in [9.17, 15) is 14.9 Å². The summed E-state index contributed by atoms with van der Waals surface area (Å²) in [7, 11) is 0. The second kappa shape index (κ2) is 8.75. The van der Waals surface area contributed by atoms with Crippen LogP contribution in [0.5, 0.6) is 0 Å². The van der Waals surface area contributed by atoms with Gasteiger partial charge in [0, 0.05) is 36.8 Å². The van der Waals surface area contributed by atoms with E-state index in [0.717, 1.165) is 18.7 Å². The van der Waals surface area contributed by atoms with Gasteiger partial charge in [-0.05, 0) is 18.6 Å². The molecule has 7 nitrogen and oxygen atoms in total. The third-order valence-electron chi connectivity index (χ3n) is 4.87. The van der Waals surface area contributed by atoms with E-state index < -0.39 is 4.92 Å². The Morgan fingerprint density at radius 2 is 1.89 bits per heavy atom. The monoisotopic (exact) mass is 369 g/mol. The number of nitro benzene ring substituents is 1. The molecule has 1 aliphatic rings. The highest BCUT2D eigenvalue weighted by Gasteiger charge is 2.24. The van der Waals surface area contributed by atoms with Crippen LogP contribution in [-0.4, -0.2) is 48.6 Å². The quantitative estimate of drug-likeness (QED) is 0.625. The first-order chi connectivity index (χ1) is 13.1. The molecule has 27 heavy (non-hydrogen) atoms. The Kier molecular flexibility index (Phi) is 6.16. The molecule has 2 aromatic rings. The predicted molar refractivity (Wildman–Crippen MR) is 102 cm³/mol. The summed E-state index contributed by atoms with van der Waals surface area (Å²) >= 11 is 0. The molecule has 1 amide bonds. The molecule has 3 rings (SSSR count). The standard InChI is InChI=1S/C20H23N3O4/c1-15-17(8-5-9-18(15)23(25)26)20(24)21-14-19(16-6-3-2-4-7-16)22-10-12-27-13-11-22/h2-9,19H,10-14H2,1H3,(H,21,24). The van der Waals surface area contributed by atoms with Gasteiger partial charge < -0.3 is 10.1 Å². The molecular formula is C20H23N3O4. The maximum atomic E-state index is 12.7. The molecule has 1 atom stereocenters. The largest absolute Gasteiger partial charge is 0.379 e. The minimum Gasteiger partial charge on any atom is -0.379 e. The summed E-state index contributed by atoms with van der Waals surface area (Å²) < 4.78 is 5.44. The molecule has 1 fully saturated rings. The number of hydrogen-bond acceptors (Lipinski definition) is 5. The first-order valence-corrected chi connectivity index (χ1v) is 8.97. The van der Waals surface area contributed by atoms with E-state index in [1.54, 1.807) is 13.0 Å². The molecule has 0 bridgehead atoms. The first-order valence-electron chi connectivity index (χ1n) is 8.97. The maximum Gasteiger partial charge on any atom is 0.273 e. The predicted octanol–water partition coefficient (Wildman–Crippen LogP) is 2.71. The van der Waals surface area contributed by atoms with Crippen LogP contribution >= 0.6 is 0 Å². The molecule has 7 heteroatoms. The van der Waals surface area contributed by atoms with Gasteiger partial charge >= 0.3 is 0 Å². The summed E-state index contributed by atoms with van der Waals surface area (Å²) in [5.74, 6) is -0.301. The van der Waals surface area contributed by atoms with Crippen LogP contribution in [0.4, 0.5) is 5.69 Å². The number of rotatable bonds is 6. The fraction of sp³-hybridized carbons (Fsp3) is 0.350. The molecule has 2 aromatic carbocycles. The molecule has 0 aliphatic carbocycles. The molecule has 1 saturated heterocycles. The SMILES string of the molecule is Cc1c(C(=O)NCC(c2ccccc2)N2CCOCC2)cccc1[N+](=O)[O-]. The zero-order chi connectivity index (χ0) is 19.2. The molecule has 142 valence electrons. The van der Waals surface area contributed by atoms with Gasteiger partial charge in [-0.15, -0.1) is 0 Å². The van der Waals surface area contributed by atoms with Crippen molar-refractivity contribution in [3.05, 3.63) is 75.3 Å². The van der Waals surface area contributed by atoms with Gasteiger partial charge in [-0.3, -0.25) is 19.8 Å². The molecule has 1 aliphatic heterocycles. The number of ether oxygens (including phenoxy) is 1. The number of carbonyl (C=O) groups excluding carboxylic acids is 1. The van der Waals surface area contributed by atoms with Gasteiger partial charge in [0.05, 0.1) is 24.2 Å². The van der Waals surface area contributed by atoms with Crippen molar-refractivity contribution in [1.82, 2.24) is 10.2 Å². The van der Waals surface area contributed by atoms with Crippen LogP contribution in [-0.2, 0) is 4.74 Å². The average Bonchev–Trinajstić information content (AvgIpc) is 2.69. The molecule has 1 heterocycles. The second-order valence-corrected chi connectivity index (χ2v) is 6.49. The summed E-state index contributed by atoms with van der Waals surface area (Å²) in [6.07, 6.45) is 0. The van der Waals surface area contributed by atoms with Crippen molar-refractivity contribution < 1.29 is 14.5 Å². The lowest BCUT2D eigenvalue weighted by atomic mass is 10.0. The van der Waals surface area contributed by atoms with Gasteiger partial charge in [-0.25, -0.2) is 0 Å². The number of hydrogen-bond donors (Lipinski definition) is 1. The van der Waals surface area contributed by atoms with Crippen molar-refractivity contribution in [2.24, 2.45) is 0 Å². The van der Waals surface area contributed by atoms with E-state index in [2.05, 4.69) is 10.2 Å². The lowest BCUT2D eigenvalue weighted by Gasteiger charge is -2.35. The Bertz CT molecular complexity index is 804. The van der Waals surface area contributed by atoms with Gasteiger partial charge in [0.15, 0.2) is 0 Å². The summed E-state index contributed by atoms with van der Waals surface area (Å²) in [6.45, 7) is 4.95. The van der Waals surface area contributed by atoms with Crippen molar-refractivity contribution in [2.45, 2.75) is 13.0 Å². The van der Waals surface area contributed by atoms with Crippen LogP contribution in [0.15, 0.2) is 48.5 Å². The summed E-state index contributed by atoms with van der Waals surface area (Å²) in [4.78, 5) is 25.6. The Balaban J connectivity index is 1.76.